The van der Waals surface area contributed by atoms with Crippen molar-refractivity contribution in [2.24, 2.45) is 5.92 Å². The van der Waals surface area contributed by atoms with Gasteiger partial charge in [-0.15, -0.1) is 0 Å². The van der Waals surface area contributed by atoms with Crippen molar-refractivity contribution in [3.63, 3.8) is 0 Å². The number of likely N-dealkylation sites (tertiary alicyclic amines) is 1. The SMILES string of the molecule is CC1C(C(=O)O)CCN1Cc1cnn(-c2ccccc2)n1. The molecule has 0 spiro atoms. The van der Waals surface area contributed by atoms with Gasteiger partial charge in [-0.05, 0) is 32.0 Å². The highest BCUT2D eigenvalue weighted by atomic mass is 16.4. The molecule has 1 aromatic heterocycles. The van der Waals surface area contributed by atoms with Gasteiger partial charge < -0.3 is 5.11 Å². The first-order valence-electron chi connectivity index (χ1n) is 7.08. The molecule has 6 nitrogen and oxygen atoms in total. The van der Waals surface area contributed by atoms with E-state index in [1.165, 1.54) is 0 Å². The number of hydrogen-bond donors (Lipinski definition) is 1. The lowest BCUT2D eigenvalue weighted by Gasteiger charge is -2.21. The molecule has 2 atom stereocenters. The fourth-order valence-corrected chi connectivity index (χ4v) is 2.82. The number of rotatable bonds is 4. The molecule has 1 fully saturated rings. The number of aliphatic carboxylic acids is 1. The van der Waals surface area contributed by atoms with Crippen LogP contribution in [0.2, 0.25) is 0 Å². The van der Waals surface area contributed by atoms with Crippen molar-refractivity contribution in [3.05, 3.63) is 42.2 Å². The second-order valence-corrected chi connectivity index (χ2v) is 5.41. The van der Waals surface area contributed by atoms with Crippen LogP contribution in [0.3, 0.4) is 0 Å². The summed E-state index contributed by atoms with van der Waals surface area (Å²) in [6.07, 6.45) is 2.44. The Kier molecular flexibility index (Phi) is 3.70. The van der Waals surface area contributed by atoms with Gasteiger partial charge in [-0.1, -0.05) is 18.2 Å². The normalized spacial score (nSPS) is 22.5. The van der Waals surface area contributed by atoms with Crippen LogP contribution in [0.5, 0.6) is 0 Å². The summed E-state index contributed by atoms with van der Waals surface area (Å²) in [7, 11) is 0. The molecule has 1 N–H and O–H groups in total. The Hall–Kier alpha value is -2.21. The Morgan fingerprint density at radius 3 is 2.81 bits per heavy atom. The van der Waals surface area contributed by atoms with Gasteiger partial charge in [0.15, 0.2) is 0 Å². The van der Waals surface area contributed by atoms with Gasteiger partial charge >= 0.3 is 5.97 Å². The summed E-state index contributed by atoms with van der Waals surface area (Å²) in [5.74, 6) is -0.993. The Balaban J connectivity index is 1.70. The van der Waals surface area contributed by atoms with Gasteiger partial charge in [-0.25, -0.2) is 0 Å². The fourth-order valence-electron chi connectivity index (χ4n) is 2.82. The number of para-hydroxylation sites is 1. The minimum atomic E-state index is -0.710. The molecule has 0 radical (unpaired) electrons. The van der Waals surface area contributed by atoms with Crippen LogP contribution in [0.25, 0.3) is 5.69 Å². The number of carboxylic acid groups (broad SMARTS) is 1. The van der Waals surface area contributed by atoms with E-state index in [0.717, 1.165) is 17.9 Å². The number of hydrogen-bond acceptors (Lipinski definition) is 4. The van der Waals surface area contributed by atoms with Crippen LogP contribution < -0.4 is 0 Å². The molecule has 0 aliphatic carbocycles. The predicted molar refractivity (Wildman–Crippen MR) is 77.0 cm³/mol. The van der Waals surface area contributed by atoms with E-state index in [9.17, 15) is 4.79 Å². The maximum absolute atomic E-state index is 11.1. The molecular formula is C15H18N4O2. The van der Waals surface area contributed by atoms with E-state index < -0.39 is 5.97 Å². The molecule has 1 aliphatic heterocycles. The van der Waals surface area contributed by atoms with Crippen molar-refractivity contribution in [2.75, 3.05) is 6.54 Å². The van der Waals surface area contributed by atoms with E-state index in [0.29, 0.717) is 13.0 Å². The van der Waals surface area contributed by atoms with Crippen LogP contribution >= 0.6 is 0 Å². The van der Waals surface area contributed by atoms with Crippen molar-refractivity contribution in [2.45, 2.75) is 25.9 Å². The predicted octanol–water partition coefficient (Wildman–Crippen LogP) is 1.56. The highest BCUT2D eigenvalue weighted by Gasteiger charge is 2.35. The van der Waals surface area contributed by atoms with Crippen molar-refractivity contribution in [1.29, 1.82) is 0 Å². The van der Waals surface area contributed by atoms with Gasteiger partial charge in [0.1, 0.15) is 0 Å². The lowest BCUT2D eigenvalue weighted by atomic mass is 10.0. The largest absolute Gasteiger partial charge is 0.481 e. The molecule has 6 heteroatoms. The van der Waals surface area contributed by atoms with E-state index in [1.54, 1.807) is 11.0 Å². The summed E-state index contributed by atoms with van der Waals surface area (Å²) >= 11 is 0. The molecule has 2 aromatic rings. The Labute approximate surface area is 123 Å². The zero-order chi connectivity index (χ0) is 14.8. The van der Waals surface area contributed by atoms with Crippen molar-refractivity contribution >= 4 is 5.97 Å². The number of carboxylic acids is 1. The zero-order valence-electron chi connectivity index (χ0n) is 11.9. The number of carbonyl (C=O) groups is 1. The Morgan fingerprint density at radius 1 is 1.38 bits per heavy atom. The monoisotopic (exact) mass is 286 g/mol. The minimum absolute atomic E-state index is 0.0318. The number of benzene rings is 1. The van der Waals surface area contributed by atoms with E-state index >= 15 is 0 Å². The van der Waals surface area contributed by atoms with Crippen LogP contribution in [-0.2, 0) is 11.3 Å². The van der Waals surface area contributed by atoms with Crippen LogP contribution in [-0.4, -0.2) is 43.6 Å². The summed E-state index contributed by atoms with van der Waals surface area (Å²) in [6.45, 7) is 3.39. The molecule has 2 unspecified atom stereocenters. The van der Waals surface area contributed by atoms with Crippen molar-refractivity contribution in [3.8, 4) is 5.69 Å². The van der Waals surface area contributed by atoms with Crippen LogP contribution in [0.1, 0.15) is 19.0 Å². The molecule has 1 aromatic carbocycles. The Morgan fingerprint density at radius 2 is 2.14 bits per heavy atom. The minimum Gasteiger partial charge on any atom is -0.481 e. The van der Waals surface area contributed by atoms with Crippen LogP contribution in [0.4, 0.5) is 0 Å². The summed E-state index contributed by atoms with van der Waals surface area (Å²) in [4.78, 5) is 14.9. The van der Waals surface area contributed by atoms with Crippen LogP contribution in [0.15, 0.2) is 36.5 Å². The molecule has 0 bridgehead atoms. The maximum atomic E-state index is 11.1. The van der Waals surface area contributed by atoms with Gasteiger partial charge in [0.25, 0.3) is 0 Å². The summed E-state index contributed by atoms with van der Waals surface area (Å²) in [6, 6.07) is 9.76. The summed E-state index contributed by atoms with van der Waals surface area (Å²) in [5.41, 5.74) is 1.78. The Bertz CT molecular complexity index is 626. The van der Waals surface area contributed by atoms with E-state index in [4.69, 9.17) is 5.11 Å². The van der Waals surface area contributed by atoms with Gasteiger partial charge in [0, 0.05) is 12.6 Å². The average Bonchev–Trinajstić information content (AvgIpc) is 3.08. The van der Waals surface area contributed by atoms with Gasteiger partial charge in [0.2, 0.25) is 0 Å². The first-order valence-corrected chi connectivity index (χ1v) is 7.08. The first kappa shape index (κ1) is 13.8. The second kappa shape index (κ2) is 5.65. The first-order chi connectivity index (χ1) is 10.1. The molecule has 3 rings (SSSR count). The van der Waals surface area contributed by atoms with Gasteiger partial charge in [-0.3, -0.25) is 9.69 Å². The van der Waals surface area contributed by atoms with Crippen molar-refractivity contribution < 1.29 is 9.90 Å². The lowest BCUT2D eigenvalue weighted by Crippen LogP contribution is -2.32. The molecule has 21 heavy (non-hydrogen) atoms. The van der Waals surface area contributed by atoms with E-state index in [-0.39, 0.29) is 12.0 Å². The third-order valence-corrected chi connectivity index (χ3v) is 4.09. The summed E-state index contributed by atoms with van der Waals surface area (Å²) < 4.78 is 0. The lowest BCUT2D eigenvalue weighted by molar-refractivity contribution is -0.142. The van der Waals surface area contributed by atoms with Crippen LogP contribution in [0, 0.1) is 5.92 Å². The molecule has 0 amide bonds. The second-order valence-electron chi connectivity index (χ2n) is 5.41. The topological polar surface area (TPSA) is 71.2 Å². The summed E-state index contributed by atoms with van der Waals surface area (Å²) in [5, 5.41) is 17.9. The highest BCUT2D eigenvalue weighted by Crippen LogP contribution is 2.25. The maximum Gasteiger partial charge on any atom is 0.308 e. The van der Waals surface area contributed by atoms with Crippen molar-refractivity contribution in [1.82, 2.24) is 19.9 Å². The number of aromatic nitrogens is 3. The van der Waals surface area contributed by atoms with Gasteiger partial charge in [0.05, 0.1) is 23.5 Å². The molecule has 1 aliphatic rings. The molecule has 1 saturated heterocycles. The molecule has 0 saturated carbocycles. The quantitative estimate of drug-likeness (QED) is 0.923. The smallest absolute Gasteiger partial charge is 0.308 e. The van der Waals surface area contributed by atoms with Gasteiger partial charge in [-0.2, -0.15) is 15.0 Å². The van der Waals surface area contributed by atoms with E-state index in [1.807, 2.05) is 37.3 Å². The third kappa shape index (κ3) is 2.80. The third-order valence-electron chi connectivity index (χ3n) is 4.09. The molecular weight excluding hydrogens is 268 g/mol. The standard InChI is InChI=1S/C15H18N4O2/c1-11-14(15(20)21)7-8-18(11)10-12-9-16-19(17-12)13-5-3-2-4-6-13/h2-6,9,11,14H,7-8,10H2,1H3,(H,20,21). The zero-order valence-corrected chi connectivity index (χ0v) is 11.9. The number of nitrogens with zero attached hydrogens (tertiary/aromatic N) is 4. The van der Waals surface area contributed by atoms with E-state index in [2.05, 4.69) is 15.1 Å². The average molecular weight is 286 g/mol. The fraction of sp³-hybridized carbons (Fsp3) is 0.400. The highest BCUT2D eigenvalue weighted by molar-refractivity contribution is 5.71. The molecule has 110 valence electrons. The molecule has 2 heterocycles.